The van der Waals surface area contributed by atoms with Gasteiger partial charge in [0.05, 0.1) is 22.9 Å². The minimum absolute atomic E-state index is 0.0199. The van der Waals surface area contributed by atoms with E-state index in [4.69, 9.17) is 32.7 Å². The standard InChI is InChI=1S/C15H15IN2O4S/c1-3-21-12-6-9(4-10(7-17)15(18)23)5-11(16)14(12)22-8-13(19)20-2/h4-6H,3,8H2,1-2H3,(H2,18,23)/b10-4+. The molecule has 8 heteroatoms. The molecule has 0 aliphatic carbocycles. The monoisotopic (exact) mass is 446 g/mol. The number of nitriles is 1. The lowest BCUT2D eigenvalue weighted by atomic mass is 10.1. The molecule has 0 atom stereocenters. The summed E-state index contributed by atoms with van der Waals surface area (Å²) in [5, 5.41) is 9.03. The Morgan fingerprint density at radius 2 is 2.17 bits per heavy atom. The van der Waals surface area contributed by atoms with Gasteiger partial charge >= 0.3 is 5.97 Å². The van der Waals surface area contributed by atoms with Gasteiger partial charge in [-0.05, 0) is 53.3 Å². The van der Waals surface area contributed by atoms with Gasteiger partial charge < -0.3 is 19.9 Å². The molecule has 0 amide bonds. The topological polar surface area (TPSA) is 94.6 Å². The molecule has 0 aliphatic heterocycles. The van der Waals surface area contributed by atoms with Gasteiger partial charge in [0, 0.05) is 0 Å². The second kappa shape index (κ2) is 9.32. The summed E-state index contributed by atoms with van der Waals surface area (Å²) in [6, 6.07) is 5.40. The van der Waals surface area contributed by atoms with E-state index in [-0.39, 0.29) is 17.2 Å². The van der Waals surface area contributed by atoms with Gasteiger partial charge in [-0.3, -0.25) is 0 Å². The van der Waals surface area contributed by atoms with Crippen LogP contribution in [0.25, 0.3) is 6.08 Å². The van der Waals surface area contributed by atoms with E-state index in [0.717, 1.165) is 0 Å². The van der Waals surface area contributed by atoms with Gasteiger partial charge in [0.1, 0.15) is 11.1 Å². The van der Waals surface area contributed by atoms with Gasteiger partial charge in [0.15, 0.2) is 18.1 Å². The first kappa shape index (κ1) is 19.2. The number of carbonyl (C=O) groups is 1. The van der Waals surface area contributed by atoms with Gasteiger partial charge in [0.25, 0.3) is 0 Å². The average molecular weight is 446 g/mol. The highest BCUT2D eigenvalue weighted by Crippen LogP contribution is 2.35. The Kier molecular flexibility index (Phi) is 7.77. The second-order valence-corrected chi connectivity index (χ2v) is 5.76. The molecule has 0 spiro atoms. The fourth-order valence-corrected chi connectivity index (χ4v) is 2.48. The molecule has 1 aromatic rings. The number of nitrogens with two attached hydrogens (primary N) is 1. The van der Waals surface area contributed by atoms with Crippen molar-refractivity contribution in [1.29, 1.82) is 5.26 Å². The molecule has 0 heterocycles. The van der Waals surface area contributed by atoms with Crippen LogP contribution in [-0.2, 0) is 9.53 Å². The Bertz CT molecular complexity index is 683. The minimum atomic E-state index is -0.493. The number of hydrogen-bond acceptors (Lipinski definition) is 6. The smallest absolute Gasteiger partial charge is 0.343 e. The first-order valence-electron chi connectivity index (χ1n) is 6.50. The molecule has 1 aromatic carbocycles. The Hall–Kier alpha value is -1.86. The zero-order chi connectivity index (χ0) is 17.4. The number of nitrogens with zero attached hydrogens (tertiary/aromatic N) is 1. The first-order valence-corrected chi connectivity index (χ1v) is 7.99. The summed E-state index contributed by atoms with van der Waals surface area (Å²) < 4.78 is 16.3. The normalized spacial score (nSPS) is 10.6. The van der Waals surface area contributed by atoms with E-state index in [9.17, 15) is 4.79 Å². The number of carbonyl (C=O) groups excluding carboxylic acids is 1. The number of hydrogen-bond donors (Lipinski definition) is 1. The zero-order valence-electron chi connectivity index (χ0n) is 12.6. The summed E-state index contributed by atoms with van der Waals surface area (Å²) in [5.41, 5.74) is 6.37. The predicted octanol–water partition coefficient (Wildman–Crippen LogP) is 2.43. The van der Waals surface area contributed by atoms with Crippen LogP contribution >= 0.6 is 34.8 Å². The average Bonchev–Trinajstić information content (AvgIpc) is 2.51. The van der Waals surface area contributed by atoms with Gasteiger partial charge in [-0.1, -0.05) is 12.2 Å². The van der Waals surface area contributed by atoms with Crippen molar-refractivity contribution < 1.29 is 19.0 Å². The molecule has 0 saturated carbocycles. The van der Waals surface area contributed by atoms with Crippen molar-refractivity contribution in [2.24, 2.45) is 5.73 Å². The summed E-state index contributed by atoms with van der Waals surface area (Å²) >= 11 is 6.87. The number of thiocarbonyl (C=S) groups is 1. The van der Waals surface area contributed by atoms with Crippen LogP contribution < -0.4 is 15.2 Å². The van der Waals surface area contributed by atoms with Gasteiger partial charge in [0.2, 0.25) is 0 Å². The molecule has 0 aromatic heterocycles. The van der Waals surface area contributed by atoms with Crippen LogP contribution in [0.15, 0.2) is 17.7 Å². The van der Waals surface area contributed by atoms with E-state index in [1.54, 1.807) is 18.2 Å². The zero-order valence-corrected chi connectivity index (χ0v) is 15.6. The third-order valence-electron chi connectivity index (χ3n) is 2.59. The third-order valence-corrected chi connectivity index (χ3v) is 3.61. The minimum Gasteiger partial charge on any atom is -0.490 e. The van der Waals surface area contributed by atoms with Crippen molar-refractivity contribution in [3.63, 3.8) is 0 Å². The van der Waals surface area contributed by atoms with E-state index < -0.39 is 5.97 Å². The van der Waals surface area contributed by atoms with Crippen LogP contribution in [0.3, 0.4) is 0 Å². The predicted molar refractivity (Wildman–Crippen MR) is 98.2 cm³/mol. The van der Waals surface area contributed by atoms with E-state index in [1.165, 1.54) is 7.11 Å². The molecule has 0 saturated heterocycles. The summed E-state index contributed by atoms with van der Waals surface area (Å²) in [6.07, 6.45) is 1.57. The molecule has 0 radical (unpaired) electrons. The van der Waals surface area contributed by atoms with E-state index in [0.29, 0.717) is 27.2 Å². The van der Waals surface area contributed by atoms with Crippen molar-refractivity contribution in [2.45, 2.75) is 6.92 Å². The van der Waals surface area contributed by atoms with Gasteiger partial charge in [-0.25, -0.2) is 4.79 Å². The molecular formula is C15H15IN2O4S. The molecule has 0 bridgehead atoms. The maximum atomic E-state index is 11.2. The number of rotatable bonds is 7. The molecule has 0 fully saturated rings. The third kappa shape index (κ3) is 5.69. The largest absolute Gasteiger partial charge is 0.490 e. The van der Waals surface area contributed by atoms with Crippen molar-refractivity contribution >= 4 is 51.8 Å². The van der Waals surface area contributed by atoms with Gasteiger partial charge in [-0.15, -0.1) is 0 Å². The van der Waals surface area contributed by atoms with Crippen LogP contribution in [0.2, 0.25) is 0 Å². The van der Waals surface area contributed by atoms with E-state index in [1.807, 2.05) is 13.0 Å². The molecule has 23 heavy (non-hydrogen) atoms. The summed E-state index contributed by atoms with van der Waals surface area (Å²) in [7, 11) is 1.28. The Labute approximate surface area is 153 Å². The first-order chi connectivity index (χ1) is 10.9. The lowest BCUT2D eigenvalue weighted by Gasteiger charge is -2.14. The van der Waals surface area contributed by atoms with Crippen LogP contribution in [0, 0.1) is 14.9 Å². The maximum absolute atomic E-state index is 11.2. The number of esters is 1. The second-order valence-electron chi connectivity index (χ2n) is 4.16. The lowest BCUT2D eigenvalue weighted by Crippen LogP contribution is -2.14. The molecule has 1 rings (SSSR count). The Morgan fingerprint density at radius 3 is 2.70 bits per heavy atom. The van der Waals surface area contributed by atoms with Crippen molar-refractivity contribution in [3.8, 4) is 17.6 Å². The van der Waals surface area contributed by atoms with Crippen LogP contribution in [0.5, 0.6) is 11.5 Å². The quantitative estimate of drug-likeness (QED) is 0.226. The highest BCUT2D eigenvalue weighted by atomic mass is 127. The summed E-state index contributed by atoms with van der Waals surface area (Å²) in [6.45, 7) is 2.02. The Balaban J connectivity index is 3.23. The number of halogens is 1. The molecular weight excluding hydrogens is 431 g/mol. The summed E-state index contributed by atoms with van der Waals surface area (Å²) in [4.78, 5) is 11.2. The van der Waals surface area contributed by atoms with E-state index >= 15 is 0 Å². The highest BCUT2D eigenvalue weighted by molar-refractivity contribution is 14.1. The fraction of sp³-hybridized carbons (Fsp3) is 0.267. The van der Waals surface area contributed by atoms with Crippen LogP contribution in [-0.4, -0.2) is 31.3 Å². The van der Waals surface area contributed by atoms with E-state index in [2.05, 4.69) is 27.3 Å². The maximum Gasteiger partial charge on any atom is 0.343 e. The Morgan fingerprint density at radius 1 is 1.48 bits per heavy atom. The SMILES string of the molecule is CCOc1cc(/C=C(\C#N)C(N)=S)cc(I)c1OCC(=O)OC. The van der Waals surface area contributed by atoms with Crippen LogP contribution in [0.4, 0.5) is 0 Å². The molecule has 0 unspecified atom stereocenters. The molecule has 2 N–H and O–H groups in total. The van der Waals surface area contributed by atoms with Gasteiger partial charge in [-0.2, -0.15) is 5.26 Å². The van der Waals surface area contributed by atoms with Crippen molar-refractivity contribution in [3.05, 3.63) is 26.8 Å². The summed E-state index contributed by atoms with van der Waals surface area (Å²) in [5.74, 6) is 0.395. The van der Waals surface area contributed by atoms with Crippen LogP contribution in [0.1, 0.15) is 12.5 Å². The molecule has 122 valence electrons. The lowest BCUT2D eigenvalue weighted by molar-refractivity contribution is -0.142. The number of ether oxygens (including phenoxy) is 3. The number of benzene rings is 1. The number of methoxy groups -OCH3 is 1. The highest BCUT2D eigenvalue weighted by Gasteiger charge is 2.14. The fourth-order valence-electron chi connectivity index (χ4n) is 1.59. The molecule has 0 aliphatic rings. The molecule has 6 nitrogen and oxygen atoms in total. The van der Waals surface area contributed by atoms with Crippen molar-refractivity contribution in [2.75, 3.05) is 20.3 Å². The van der Waals surface area contributed by atoms with Crippen molar-refractivity contribution in [1.82, 2.24) is 0 Å².